The summed E-state index contributed by atoms with van der Waals surface area (Å²) in [7, 11) is 0. The van der Waals surface area contributed by atoms with Crippen molar-refractivity contribution in [3.8, 4) is 5.75 Å². The summed E-state index contributed by atoms with van der Waals surface area (Å²) in [5, 5.41) is 5.26. The average Bonchev–Trinajstić information content (AvgIpc) is 3.07. The van der Waals surface area contributed by atoms with Gasteiger partial charge in [0, 0.05) is 27.7 Å². The maximum absolute atomic E-state index is 12.5. The number of carbonyl (C=O) groups excluding carboxylic acids is 1. The molecule has 0 radical (unpaired) electrons. The van der Waals surface area contributed by atoms with Crippen molar-refractivity contribution in [3.05, 3.63) is 64.8 Å². The standard InChI is InChI=1S/C22H23N3O2/c1-2-27-21-10-6-3-7-16(21)14-23-25-22(26)15-11-12-20-18(13-15)17-8-4-5-9-19(17)24-20/h3,6-7,10-14,24H,2,4-5,8-9H2,1H3,(H,25,26)/b23-14-. The van der Waals surface area contributed by atoms with E-state index in [2.05, 4.69) is 15.5 Å². The zero-order chi connectivity index (χ0) is 18.6. The Morgan fingerprint density at radius 3 is 2.96 bits per heavy atom. The molecule has 0 atom stereocenters. The molecule has 2 N–H and O–H groups in total. The maximum atomic E-state index is 12.5. The third kappa shape index (κ3) is 3.58. The van der Waals surface area contributed by atoms with Crippen LogP contribution in [0.15, 0.2) is 47.6 Å². The molecule has 0 bridgehead atoms. The van der Waals surface area contributed by atoms with Gasteiger partial charge in [0.05, 0.1) is 12.8 Å². The van der Waals surface area contributed by atoms with Crippen molar-refractivity contribution >= 4 is 23.0 Å². The molecule has 4 rings (SSSR count). The molecule has 0 spiro atoms. The molecule has 1 aliphatic carbocycles. The molecule has 5 heteroatoms. The van der Waals surface area contributed by atoms with E-state index in [9.17, 15) is 4.79 Å². The number of amides is 1. The number of ether oxygens (including phenoxy) is 1. The van der Waals surface area contributed by atoms with E-state index in [1.807, 2.05) is 49.4 Å². The molecule has 0 fully saturated rings. The monoisotopic (exact) mass is 361 g/mol. The van der Waals surface area contributed by atoms with Crippen LogP contribution in [0.1, 0.15) is 46.9 Å². The van der Waals surface area contributed by atoms with E-state index in [1.54, 1.807) is 6.21 Å². The lowest BCUT2D eigenvalue weighted by atomic mass is 9.95. The number of aryl methyl sites for hydroxylation is 2. The van der Waals surface area contributed by atoms with Crippen molar-refractivity contribution in [3.63, 3.8) is 0 Å². The first-order chi connectivity index (χ1) is 13.3. The normalized spacial score (nSPS) is 13.7. The Balaban J connectivity index is 1.52. The smallest absolute Gasteiger partial charge is 0.271 e. The molecule has 2 aromatic carbocycles. The second-order valence-corrected chi connectivity index (χ2v) is 6.72. The predicted molar refractivity (Wildman–Crippen MR) is 108 cm³/mol. The highest BCUT2D eigenvalue weighted by atomic mass is 16.5. The van der Waals surface area contributed by atoms with Crippen molar-refractivity contribution in [1.82, 2.24) is 10.4 Å². The molecule has 1 aromatic heterocycles. The number of nitrogens with one attached hydrogen (secondary N) is 2. The molecule has 0 unspecified atom stereocenters. The molecule has 0 saturated heterocycles. The number of hydrazone groups is 1. The van der Waals surface area contributed by atoms with Crippen LogP contribution < -0.4 is 10.2 Å². The number of hydrogen-bond donors (Lipinski definition) is 2. The SMILES string of the molecule is CCOc1ccccc1/C=N\NC(=O)c1ccc2[nH]c3c(c2c1)CCCC3. The minimum Gasteiger partial charge on any atom is -0.493 e. The third-order valence-corrected chi connectivity index (χ3v) is 4.95. The zero-order valence-electron chi connectivity index (χ0n) is 15.4. The summed E-state index contributed by atoms with van der Waals surface area (Å²) < 4.78 is 5.56. The number of nitrogens with zero attached hydrogens (tertiary/aromatic N) is 1. The first-order valence-corrected chi connectivity index (χ1v) is 9.45. The Morgan fingerprint density at radius 2 is 2.07 bits per heavy atom. The van der Waals surface area contributed by atoms with Gasteiger partial charge in [0.15, 0.2) is 0 Å². The average molecular weight is 361 g/mol. The van der Waals surface area contributed by atoms with E-state index >= 15 is 0 Å². The fourth-order valence-electron chi connectivity index (χ4n) is 3.65. The summed E-state index contributed by atoms with van der Waals surface area (Å²) in [6, 6.07) is 13.4. The fourth-order valence-corrected chi connectivity index (χ4v) is 3.65. The number of benzene rings is 2. The third-order valence-electron chi connectivity index (χ3n) is 4.95. The number of rotatable bonds is 5. The Bertz CT molecular complexity index is 1000. The number of hydrogen-bond acceptors (Lipinski definition) is 3. The van der Waals surface area contributed by atoms with Crippen LogP contribution in [0.4, 0.5) is 0 Å². The van der Waals surface area contributed by atoms with Gasteiger partial charge in [-0.2, -0.15) is 5.10 Å². The number of aromatic nitrogens is 1. The summed E-state index contributed by atoms with van der Waals surface area (Å²) in [6.45, 7) is 2.52. The van der Waals surface area contributed by atoms with Crippen LogP contribution in [0, 0.1) is 0 Å². The molecule has 27 heavy (non-hydrogen) atoms. The molecule has 5 nitrogen and oxygen atoms in total. The zero-order valence-corrected chi connectivity index (χ0v) is 15.4. The lowest BCUT2D eigenvalue weighted by Crippen LogP contribution is -2.17. The second-order valence-electron chi connectivity index (χ2n) is 6.72. The molecule has 3 aromatic rings. The highest BCUT2D eigenvalue weighted by molar-refractivity contribution is 5.99. The molecular weight excluding hydrogens is 338 g/mol. The lowest BCUT2D eigenvalue weighted by Gasteiger charge is -2.10. The maximum Gasteiger partial charge on any atom is 0.271 e. The molecule has 1 aliphatic rings. The van der Waals surface area contributed by atoms with E-state index in [0.717, 1.165) is 35.1 Å². The largest absolute Gasteiger partial charge is 0.493 e. The lowest BCUT2D eigenvalue weighted by molar-refractivity contribution is 0.0955. The van der Waals surface area contributed by atoms with Crippen LogP contribution in [0.25, 0.3) is 10.9 Å². The van der Waals surface area contributed by atoms with E-state index in [4.69, 9.17) is 4.74 Å². The Morgan fingerprint density at radius 1 is 1.22 bits per heavy atom. The molecule has 1 amide bonds. The highest BCUT2D eigenvalue weighted by Crippen LogP contribution is 2.29. The van der Waals surface area contributed by atoms with Gasteiger partial charge in [-0.25, -0.2) is 5.43 Å². The first-order valence-electron chi connectivity index (χ1n) is 9.45. The van der Waals surface area contributed by atoms with Gasteiger partial charge in [-0.05, 0) is 68.5 Å². The summed E-state index contributed by atoms with van der Waals surface area (Å²) in [4.78, 5) is 16.0. The van der Waals surface area contributed by atoms with Gasteiger partial charge in [-0.15, -0.1) is 0 Å². The summed E-state index contributed by atoms with van der Waals surface area (Å²) in [5.41, 5.74) is 7.85. The van der Waals surface area contributed by atoms with E-state index in [0.29, 0.717) is 12.2 Å². The number of para-hydroxylation sites is 1. The van der Waals surface area contributed by atoms with Crippen molar-refractivity contribution < 1.29 is 9.53 Å². The van der Waals surface area contributed by atoms with E-state index in [-0.39, 0.29) is 5.91 Å². The minimum atomic E-state index is -0.215. The van der Waals surface area contributed by atoms with Crippen molar-refractivity contribution in [2.24, 2.45) is 5.10 Å². The number of carbonyl (C=O) groups is 1. The topological polar surface area (TPSA) is 66.5 Å². The van der Waals surface area contributed by atoms with Crippen LogP contribution in [-0.2, 0) is 12.8 Å². The Kier molecular flexibility index (Phi) is 4.92. The molecule has 0 aliphatic heterocycles. The van der Waals surface area contributed by atoms with Crippen LogP contribution in [-0.4, -0.2) is 23.7 Å². The summed E-state index contributed by atoms with van der Waals surface area (Å²) in [5.74, 6) is 0.533. The van der Waals surface area contributed by atoms with Gasteiger partial charge in [-0.1, -0.05) is 12.1 Å². The summed E-state index contributed by atoms with van der Waals surface area (Å²) >= 11 is 0. The van der Waals surface area contributed by atoms with Crippen molar-refractivity contribution in [2.45, 2.75) is 32.6 Å². The Hall–Kier alpha value is -3.08. The number of H-pyrrole nitrogens is 1. The number of fused-ring (bicyclic) bond motifs is 3. The fraction of sp³-hybridized carbons (Fsp3) is 0.273. The van der Waals surface area contributed by atoms with Gasteiger partial charge in [0.25, 0.3) is 5.91 Å². The van der Waals surface area contributed by atoms with Gasteiger partial charge in [-0.3, -0.25) is 4.79 Å². The highest BCUT2D eigenvalue weighted by Gasteiger charge is 2.16. The Labute approximate surface area is 158 Å². The molecule has 138 valence electrons. The van der Waals surface area contributed by atoms with Crippen molar-refractivity contribution in [1.29, 1.82) is 0 Å². The minimum absolute atomic E-state index is 0.215. The predicted octanol–water partition coefficient (Wildman–Crippen LogP) is 4.21. The van der Waals surface area contributed by atoms with Gasteiger partial charge >= 0.3 is 0 Å². The molecule has 1 heterocycles. The van der Waals surface area contributed by atoms with Crippen LogP contribution in [0.5, 0.6) is 5.75 Å². The quantitative estimate of drug-likeness (QED) is 0.528. The molecular formula is C22H23N3O2. The van der Waals surface area contributed by atoms with Crippen LogP contribution in [0.3, 0.4) is 0 Å². The van der Waals surface area contributed by atoms with E-state index in [1.165, 1.54) is 24.1 Å². The first kappa shape index (κ1) is 17.3. The van der Waals surface area contributed by atoms with Gasteiger partial charge in [0.2, 0.25) is 0 Å². The van der Waals surface area contributed by atoms with Gasteiger partial charge < -0.3 is 9.72 Å². The second kappa shape index (κ2) is 7.66. The van der Waals surface area contributed by atoms with Crippen LogP contribution >= 0.6 is 0 Å². The molecule has 0 saturated carbocycles. The van der Waals surface area contributed by atoms with Gasteiger partial charge in [0.1, 0.15) is 5.75 Å². The number of aromatic amines is 1. The van der Waals surface area contributed by atoms with Crippen LogP contribution in [0.2, 0.25) is 0 Å². The summed E-state index contributed by atoms with van der Waals surface area (Å²) in [6.07, 6.45) is 6.21. The van der Waals surface area contributed by atoms with E-state index < -0.39 is 0 Å². The van der Waals surface area contributed by atoms with Crippen molar-refractivity contribution in [2.75, 3.05) is 6.61 Å².